The third-order valence-corrected chi connectivity index (χ3v) is 3.70. The van der Waals surface area contributed by atoms with Crippen molar-refractivity contribution in [2.24, 2.45) is 0 Å². The monoisotopic (exact) mass is 361 g/mol. The summed E-state index contributed by atoms with van der Waals surface area (Å²) in [6, 6.07) is 14.1. The Labute approximate surface area is 156 Å². The molecule has 0 aliphatic carbocycles. The highest BCUT2D eigenvalue weighted by atomic mass is 16.5. The predicted molar refractivity (Wildman–Crippen MR) is 104 cm³/mol. The van der Waals surface area contributed by atoms with E-state index < -0.39 is 0 Å². The maximum Gasteiger partial charge on any atom is 0.338 e. The van der Waals surface area contributed by atoms with E-state index in [4.69, 9.17) is 4.74 Å². The number of fused-ring (bicyclic) bond motifs is 1. The van der Waals surface area contributed by atoms with Gasteiger partial charge in [0, 0.05) is 11.8 Å². The summed E-state index contributed by atoms with van der Waals surface area (Å²) in [6.45, 7) is 2.32. The first-order valence-electron chi connectivity index (χ1n) is 8.64. The Bertz CT molecular complexity index is 981. The zero-order valence-corrected chi connectivity index (χ0v) is 14.9. The number of aromatic nitrogens is 2. The second-order valence-corrected chi connectivity index (χ2v) is 5.82. The SMILES string of the molecule is CCCOC(=O)c1ccc(NC(=O)/C=C/c2cnc3ccccc3n2)cc1. The van der Waals surface area contributed by atoms with Gasteiger partial charge in [0.25, 0.3) is 0 Å². The maximum atomic E-state index is 12.1. The lowest BCUT2D eigenvalue weighted by molar-refractivity contribution is -0.111. The van der Waals surface area contributed by atoms with E-state index in [2.05, 4.69) is 15.3 Å². The third-order valence-electron chi connectivity index (χ3n) is 3.70. The number of rotatable bonds is 6. The van der Waals surface area contributed by atoms with Gasteiger partial charge in [-0.05, 0) is 48.9 Å². The van der Waals surface area contributed by atoms with E-state index in [-0.39, 0.29) is 11.9 Å². The molecule has 0 aliphatic rings. The van der Waals surface area contributed by atoms with Crippen LogP contribution in [0.15, 0.2) is 60.8 Å². The van der Waals surface area contributed by atoms with Crippen molar-refractivity contribution in [3.8, 4) is 0 Å². The number of para-hydroxylation sites is 2. The van der Waals surface area contributed by atoms with Crippen LogP contribution in [0.4, 0.5) is 5.69 Å². The van der Waals surface area contributed by atoms with E-state index in [9.17, 15) is 9.59 Å². The van der Waals surface area contributed by atoms with Crippen LogP contribution in [0.5, 0.6) is 0 Å². The molecule has 136 valence electrons. The fourth-order valence-corrected chi connectivity index (χ4v) is 2.36. The molecule has 0 atom stereocenters. The molecule has 2 aromatic carbocycles. The summed E-state index contributed by atoms with van der Waals surface area (Å²) in [7, 11) is 0. The first-order chi connectivity index (χ1) is 13.2. The summed E-state index contributed by atoms with van der Waals surface area (Å²) >= 11 is 0. The highest BCUT2D eigenvalue weighted by Crippen LogP contribution is 2.12. The molecule has 0 spiro atoms. The summed E-state index contributed by atoms with van der Waals surface area (Å²) < 4.78 is 5.07. The van der Waals surface area contributed by atoms with Gasteiger partial charge in [0.05, 0.1) is 35.1 Å². The van der Waals surface area contributed by atoms with E-state index >= 15 is 0 Å². The number of nitrogens with one attached hydrogen (secondary N) is 1. The van der Waals surface area contributed by atoms with Crippen LogP contribution in [0.2, 0.25) is 0 Å². The Morgan fingerprint density at radius 3 is 2.56 bits per heavy atom. The fourth-order valence-electron chi connectivity index (χ4n) is 2.36. The highest BCUT2D eigenvalue weighted by Gasteiger charge is 2.07. The first-order valence-corrected chi connectivity index (χ1v) is 8.64. The van der Waals surface area contributed by atoms with Crippen LogP contribution in [0, 0.1) is 0 Å². The van der Waals surface area contributed by atoms with Crippen molar-refractivity contribution in [1.29, 1.82) is 0 Å². The van der Waals surface area contributed by atoms with Gasteiger partial charge in [-0.25, -0.2) is 9.78 Å². The standard InChI is InChI=1S/C21H19N3O3/c1-2-13-27-21(26)15-7-9-16(10-8-15)24-20(25)12-11-17-14-22-18-5-3-4-6-19(18)23-17/h3-12,14H,2,13H2,1H3,(H,24,25)/b12-11+. The van der Waals surface area contributed by atoms with Gasteiger partial charge in [0.15, 0.2) is 0 Å². The number of amides is 1. The van der Waals surface area contributed by atoms with Crippen LogP contribution in [0.25, 0.3) is 17.1 Å². The minimum Gasteiger partial charge on any atom is -0.462 e. The van der Waals surface area contributed by atoms with Gasteiger partial charge < -0.3 is 10.1 Å². The molecule has 1 aromatic heterocycles. The number of nitrogens with zero attached hydrogens (tertiary/aromatic N) is 2. The van der Waals surface area contributed by atoms with E-state index in [1.165, 1.54) is 6.08 Å². The Morgan fingerprint density at radius 2 is 1.81 bits per heavy atom. The predicted octanol–water partition coefficient (Wildman–Crippen LogP) is 3.85. The Balaban J connectivity index is 1.61. The molecule has 0 unspecified atom stereocenters. The van der Waals surface area contributed by atoms with Crippen molar-refractivity contribution in [3.63, 3.8) is 0 Å². The topological polar surface area (TPSA) is 81.2 Å². The number of esters is 1. The summed E-state index contributed by atoms with van der Waals surface area (Å²) in [5, 5.41) is 2.73. The van der Waals surface area contributed by atoms with Crippen molar-refractivity contribution in [3.05, 3.63) is 72.1 Å². The minimum absolute atomic E-state index is 0.300. The molecule has 0 saturated carbocycles. The summed E-state index contributed by atoms with van der Waals surface area (Å²) in [5.74, 6) is -0.671. The molecule has 6 nitrogen and oxygen atoms in total. The van der Waals surface area contributed by atoms with Crippen LogP contribution in [-0.2, 0) is 9.53 Å². The van der Waals surface area contributed by atoms with Crippen LogP contribution < -0.4 is 5.32 Å². The largest absolute Gasteiger partial charge is 0.462 e. The molecule has 1 heterocycles. The van der Waals surface area contributed by atoms with E-state index in [1.54, 1.807) is 36.5 Å². The lowest BCUT2D eigenvalue weighted by atomic mass is 10.2. The van der Waals surface area contributed by atoms with Crippen LogP contribution in [0.3, 0.4) is 0 Å². The van der Waals surface area contributed by atoms with E-state index in [0.717, 1.165) is 17.5 Å². The van der Waals surface area contributed by atoms with Gasteiger partial charge in [-0.3, -0.25) is 9.78 Å². The van der Waals surface area contributed by atoms with Gasteiger partial charge in [-0.2, -0.15) is 0 Å². The van der Waals surface area contributed by atoms with Gasteiger partial charge in [-0.15, -0.1) is 0 Å². The smallest absolute Gasteiger partial charge is 0.338 e. The average molecular weight is 361 g/mol. The molecule has 27 heavy (non-hydrogen) atoms. The maximum absolute atomic E-state index is 12.1. The third kappa shape index (κ3) is 4.98. The van der Waals surface area contributed by atoms with Crippen LogP contribution >= 0.6 is 0 Å². The molecule has 0 radical (unpaired) electrons. The molecule has 3 aromatic rings. The molecular formula is C21H19N3O3. The molecule has 0 aliphatic heterocycles. The number of benzene rings is 2. The second kappa shape index (κ2) is 8.71. The molecule has 0 fully saturated rings. The molecule has 1 amide bonds. The normalized spacial score (nSPS) is 10.9. The zero-order valence-electron chi connectivity index (χ0n) is 14.9. The van der Waals surface area contributed by atoms with Gasteiger partial charge >= 0.3 is 5.97 Å². The number of carbonyl (C=O) groups is 2. The van der Waals surface area contributed by atoms with Gasteiger partial charge in [0.1, 0.15) is 0 Å². The molecule has 3 rings (SSSR count). The lowest BCUT2D eigenvalue weighted by Crippen LogP contribution is -2.09. The van der Waals surface area contributed by atoms with Crippen molar-refractivity contribution in [1.82, 2.24) is 9.97 Å². The van der Waals surface area contributed by atoms with Crippen molar-refractivity contribution >= 4 is 34.7 Å². The van der Waals surface area contributed by atoms with E-state index in [1.807, 2.05) is 31.2 Å². The minimum atomic E-state index is -0.371. The van der Waals surface area contributed by atoms with Gasteiger partial charge in [-0.1, -0.05) is 19.1 Å². The summed E-state index contributed by atoms with van der Waals surface area (Å²) in [4.78, 5) is 32.6. The Kier molecular flexibility index (Phi) is 5.89. The van der Waals surface area contributed by atoms with Crippen molar-refractivity contribution in [2.45, 2.75) is 13.3 Å². The average Bonchev–Trinajstić information content (AvgIpc) is 2.71. The fraction of sp³-hybridized carbons (Fsp3) is 0.143. The Hall–Kier alpha value is -3.54. The van der Waals surface area contributed by atoms with Crippen LogP contribution in [0.1, 0.15) is 29.4 Å². The van der Waals surface area contributed by atoms with E-state index in [0.29, 0.717) is 23.6 Å². The van der Waals surface area contributed by atoms with Crippen LogP contribution in [-0.4, -0.2) is 28.5 Å². The summed E-state index contributed by atoms with van der Waals surface area (Å²) in [5.41, 5.74) is 3.20. The summed E-state index contributed by atoms with van der Waals surface area (Å²) in [6.07, 6.45) is 5.38. The quantitative estimate of drug-likeness (QED) is 0.533. The number of hydrogen-bond donors (Lipinski definition) is 1. The highest BCUT2D eigenvalue weighted by molar-refractivity contribution is 6.02. The van der Waals surface area contributed by atoms with Crippen molar-refractivity contribution < 1.29 is 14.3 Å². The Morgan fingerprint density at radius 1 is 1.07 bits per heavy atom. The number of carbonyl (C=O) groups excluding carboxylic acids is 2. The number of hydrogen-bond acceptors (Lipinski definition) is 5. The zero-order chi connectivity index (χ0) is 19.1. The molecule has 0 saturated heterocycles. The molecular weight excluding hydrogens is 342 g/mol. The molecule has 6 heteroatoms. The first kappa shape index (κ1) is 18.3. The second-order valence-electron chi connectivity index (χ2n) is 5.82. The molecule has 0 bridgehead atoms. The lowest BCUT2D eigenvalue weighted by Gasteiger charge is -2.05. The number of anilines is 1. The van der Waals surface area contributed by atoms with Gasteiger partial charge in [0.2, 0.25) is 5.91 Å². The molecule has 1 N–H and O–H groups in total. The van der Waals surface area contributed by atoms with Crippen molar-refractivity contribution in [2.75, 3.05) is 11.9 Å². The number of ether oxygens (including phenoxy) is 1.